The van der Waals surface area contributed by atoms with E-state index in [2.05, 4.69) is 33.4 Å². The van der Waals surface area contributed by atoms with Gasteiger partial charge in [-0.25, -0.2) is 4.79 Å². The number of nitrogens with zero attached hydrogens (tertiary/aromatic N) is 1. The summed E-state index contributed by atoms with van der Waals surface area (Å²) in [7, 11) is 1.69. The second-order valence-corrected chi connectivity index (χ2v) is 12.4. The number of aryl methyl sites for hydroxylation is 1. The molecule has 0 fully saturated rings. The molecule has 1 aliphatic carbocycles. The quantitative estimate of drug-likeness (QED) is 0.148. The highest BCUT2D eigenvalue weighted by molar-refractivity contribution is 5.92. The highest BCUT2D eigenvalue weighted by Crippen LogP contribution is 2.29. The fourth-order valence-electron chi connectivity index (χ4n) is 5.27. The van der Waals surface area contributed by atoms with Crippen molar-refractivity contribution in [3.63, 3.8) is 0 Å². The molecule has 4 amide bonds. The number of halogens is 3. The summed E-state index contributed by atoms with van der Waals surface area (Å²) >= 11 is 0. The Balaban J connectivity index is 0.00000132. The third-order valence-electron chi connectivity index (χ3n) is 8.13. The van der Waals surface area contributed by atoms with Crippen molar-refractivity contribution in [3.8, 4) is 0 Å². The number of benzene rings is 2. The molecule has 4 N–H and O–H groups in total. The predicted molar refractivity (Wildman–Crippen MR) is 183 cm³/mol. The molecule has 0 saturated carbocycles. The summed E-state index contributed by atoms with van der Waals surface area (Å²) in [6, 6.07) is 16.3. The SMILES string of the molecule is CN[C@@H](C)C(=O)N[C@H](C(=O)N(CCCCCNC(=O)OCc1ccccc1)CC(=O)NC1CCCc2ccccc21)C(C)C.O=CC(F)(F)F. The minimum absolute atomic E-state index is 0.0887. The van der Waals surface area contributed by atoms with Gasteiger partial charge in [-0.2, -0.15) is 13.2 Å². The Bertz CT molecular complexity index is 1380. The number of amides is 4. The van der Waals surface area contributed by atoms with Crippen molar-refractivity contribution in [2.45, 2.75) is 90.2 Å². The van der Waals surface area contributed by atoms with E-state index in [1.54, 1.807) is 18.9 Å². The van der Waals surface area contributed by atoms with Crippen LogP contribution in [0, 0.1) is 5.92 Å². The third-order valence-corrected chi connectivity index (χ3v) is 8.13. The van der Waals surface area contributed by atoms with Crippen molar-refractivity contribution >= 4 is 30.1 Å². The van der Waals surface area contributed by atoms with Crippen LogP contribution in [0.4, 0.5) is 18.0 Å². The number of alkyl halides is 3. The van der Waals surface area contributed by atoms with Crippen LogP contribution >= 0.6 is 0 Å². The summed E-state index contributed by atoms with van der Waals surface area (Å²) in [5, 5.41) is 11.7. The molecule has 50 heavy (non-hydrogen) atoms. The van der Waals surface area contributed by atoms with Crippen molar-refractivity contribution in [2.75, 3.05) is 26.7 Å². The minimum Gasteiger partial charge on any atom is -0.445 e. The summed E-state index contributed by atoms with van der Waals surface area (Å²) in [5.74, 6) is -0.941. The fourth-order valence-corrected chi connectivity index (χ4v) is 5.27. The molecule has 0 bridgehead atoms. The number of ether oxygens (including phenoxy) is 1. The molecule has 3 rings (SSSR count). The van der Waals surface area contributed by atoms with E-state index in [0.29, 0.717) is 25.9 Å². The maximum atomic E-state index is 13.8. The highest BCUT2D eigenvalue weighted by atomic mass is 19.4. The number of rotatable bonds is 16. The molecule has 14 heteroatoms. The number of alkyl carbamates (subject to hydrolysis) is 1. The Labute approximate surface area is 292 Å². The number of hydrogen-bond acceptors (Lipinski definition) is 7. The summed E-state index contributed by atoms with van der Waals surface area (Å²) in [6.07, 6.45) is -1.28. The normalized spacial score (nSPS) is 14.9. The first-order chi connectivity index (χ1) is 23.7. The molecule has 276 valence electrons. The lowest BCUT2D eigenvalue weighted by molar-refractivity contribution is -0.156. The molecule has 0 saturated heterocycles. The molecular weight excluding hydrogens is 655 g/mol. The van der Waals surface area contributed by atoms with Gasteiger partial charge in [0.15, 0.2) is 0 Å². The van der Waals surface area contributed by atoms with Crippen molar-refractivity contribution < 1.29 is 41.9 Å². The standard InChI is InChI=1S/C34H49N5O5.C2HF3O/c1-24(2)31(38-32(41)25(3)35-4)33(42)39(22-30(40)37-29-19-13-17-27-16-9-10-18-28(27)29)21-12-6-11-20-36-34(43)44-23-26-14-7-5-8-15-26;3-2(4,5)1-6/h5,7-10,14-16,18,24-25,29,31,35H,6,11-13,17,19-23H2,1-4H3,(H,36,43)(H,37,40)(H,38,41);1H/t25-,29?,31-;/m0./s1. The number of fused-ring (bicyclic) bond motifs is 1. The Kier molecular flexibility index (Phi) is 18.0. The van der Waals surface area contributed by atoms with Crippen molar-refractivity contribution in [3.05, 3.63) is 71.3 Å². The molecule has 0 spiro atoms. The first-order valence-corrected chi connectivity index (χ1v) is 16.9. The van der Waals surface area contributed by atoms with Crippen LogP contribution in [0.2, 0.25) is 0 Å². The zero-order valence-corrected chi connectivity index (χ0v) is 29.2. The topological polar surface area (TPSA) is 146 Å². The lowest BCUT2D eigenvalue weighted by atomic mass is 9.88. The van der Waals surface area contributed by atoms with Crippen LogP contribution in [0.5, 0.6) is 0 Å². The van der Waals surface area contributed by atoms with Crippen LogP contribution in [-0.2, 0) is 36.9 Å². The number of aldehydes is 1. The van der Waals surface area contributed by atoms with Crippen molar-refractivity contribution in [1.82, 2.24) is 26.2 Å². The molecule has 2 aromatic rings. The second-order valence-electron chi connectivity index (χ2n) is 12.4. The average Bonchev–Trinajstić information content (AvgIpc) is 3.10. The van der Waals surface area contributed by atoms with Crippen LogP contribution in [0.1, 0.15) is 75.6 Å². The number of nitrogens with one attached hydrogen (secondary N) is 4. The number of carbonyl (C=O) groups excluding carboxylic acids is 5. The zero-order chi connectivity index (χ0) is 37.1. The van der Waals surface area contributed by atoms with Gasteiger partial charge in [0, 0.05) is 13.1 Å². The molecular formula is C36H50F3N5O6. The lowest BCUT2D eigenvalue weighted by Crippen LogP contribution is -2.56. The molecule has 11 nitrogen and oxygen atoms in total. The van der Waals surface area contributed by atoms with Gasteiger partial charge in [-0.1, -0.05) is 68.4 Å². The zero-order valence-electron chi connectivity index (χ0n) is 29.2. The van der Waals surface area contributed by atoms with Crippen LogP contribution in [0.15, 0.2) is 54.6 Å². The smallest absolute Gasteiger partial charge is 0.445 e. The second kappa shape index (κ2) is 21.6. The highest BCUT2D eigenvalue weighted by Gasteiger charge is 2.31. The monoisotopic (exact) mass is 705 g/mol. The van der Waals surface area contributed by atoms with Gasteiger partial charge in [0.25, 0.3) is 0 Å². The number of likely N-dealkylation sites (N-methyl/N-ethyl adjacent to an activating group) is 1. The van der Waals surface area contributed by atoms with Gasteiger partial charge in [-0.05, 0) is 75.1 Å². The van der Waals surface area contributed by atoms with Gasteiger partial charge in [-0.15, -0.1) is 0 Å². The van der Waals surface area contributed by atoms with Gasteiger partial charge in [0.1, 0.15) is 12.6 Å². The Morgan fingerprint density at radius 2 is 1.64 bits per heavy atom. The number of hydrogen-bond donors (Lipinski definition) is 4. The maximum absolute atomic E-state index is 13.8. The number of unbranched alkanes of at least 4 members (excludes halogenated alkanes) is 2. The predicted octanol–water partition coefficient (Wildman–Crippen LogP) is 4.60. The first-order valence-electron chi connectivity index (χ1n) is 16.9. The Hall–Kier alpha value is -4.46. The van der Waals surface area contributed by atoms with E-state index in [1.165, 1.54) is 5.56 Å². The Morgan fingerprint density at radius 3 is 2.28 bits per heavy atom. The lowest BCUT2D eigenvalue weighted by Gasteiger charge is -2.31. The molecule has 1 aliphatic rings. The molecule has 0 aromatic heterocycles. The van der Waals surface area contributed by atoms with Crippen LogP contribution in [0.3, 0.4) is 0 Å². The van der Waals surface area contributed by atoms with Crippen molar-refractivity contribution in [1.29, 1.82) is 0 Å². The van der Waals surface area contributed by atoms with Gasteiger partial charge in [0.05, 0.1) is 18.6 Å². The van der Waals surface area contributed by atoms with Gasteiger partial charge in [-0.3, -0.25) is 19.2 Å². The van der Waals surface area contributed by atoms with E-state index >= 15 is 0 Å². The maximum Gasteiger partial charge on any atom is 0.446 e. The van der Waals surface area contributed by atoms with Crippen LogP contribution < -0.4 is 21.3 Å². The van der Waals surface area contributed by atoms with Gasteiger partial charge >= 0.3 is 12.3 Å². The minimum atomic E-state index is -4.64. The molecule has 0 aliphatic heterocycles. The van der Waals surface area contributed by atoms with E-state index in [9.17, 15) is 32.3 Å². The largest absolute Gasteiger partial charge is 0.446 e. The van der Waals surface area contributed by atoms with E-state index in [4.69, 9.17) is 9.53 Å². The molecule has 1 unspecified atom stereocenters. The van der Waals surface area contributed by atoms with Crippen LogP contribution in [-0.4, -0.2) is 79.9 Å². The van der Waals surface area contributed by atoms with Crippen molar-refractivity contribution in [2.24, 2.45) is 5.92 Å². The van der Waals surface area contributed by atoms with Crippen LogP contribution in [0.25, 0.3) is 0 Å². The number of carbonyl (C=O) groups is 5. The van der Waals surface area contributed by atoms with E-state index < -0.39 is 30.6 Å². The summed E-state index contributed by atoms with van der Waals surface area (Å²) in [4.78, 5) is 62.1. The Morgan fingerprint density at radius 1 is 0.980 bits per heavy atom. The van der Waals surface area contributed by atoms with E-state index in [-0.39, 0.29) is 42.8 Å². The van der Waals surface area contributed by atoms with Gasteiger partial charge < -0.3 is 30.9 Å². The molecule has 0 heterocycles. The average molecular weight is 706 g/mol. The van der Waals surface area contributed by atoms with E-state index in [0.717, 1.165) is 36.8 Å². The molecule has 3 atom stereocenters. The first kappa shape index (κ1) is 41.7. The van der Waals surface area contributed by atoms with E-state index in [1.807, 2.05) is 56.3 Å². The molecule has 0 radical (unpaired) electrons. The summed E-state index contributed by atoms with van der Waals surface area (Å²) in [5.41, 5.74) is 3.30. The molecule has 2 aromatic carbocycles. The summed E-state index contributed by atoms with van der Waals surface area (Å²) in [6.45, 7) is 6.40. The third kappa shape index (κ3) is 15.4. The fraction of sp³-hybridized carbons (Fsp3) is 0.528. The summed E-state index contributed by atoms with van der Waals surface area (Å²) < 4.78 is 36.5. The van der Waals surface area contributed by atoms with Gasteiger partial charge in [0.2, 0.25) is 24.0 Å².